The molecule has 0 unspecified atom stereocenters. The fourth-order valence-corrected chi connectivity index (χ4v) is 5.69. The van der Waals surface area contributed by atoms with Crippen molar-refractivity contribution in [1.29, 1.82) is 0 Å². The van der Waals surface area contributed by atoms with Gasteiger partial charge in [0.15, 0.2) is 0 Å². The number of aliphatic hydroxyl groups is 1. The van der Waals surface area contributed by atoms with Crippen LogP contribution < -0.4 is 0 Å². The summed E-state index contributed by atoms with van der Waals surface area (Å²) in [5.41, 5.74) is 0.327. The van der Waals surface area contributed by atoms with E-state index in [0.29, 0.717) is 22.9 Å². The minimum Gasteiger partial charge on any atom is -0.390 e. The molecule has 19 heavy (non-hydrogen) atoms. The minimum absolute atomic E-state index is 0.340. The molecule has 0 aromatic rings. The van der Waals surface area contributed by atoms with E-state index in [9.17, 15) is 5.11 Å². The van der Waals surface area contributed by atoms with Crippen molar-refractivity contribution in [3.8, 4) is 0 Å². The monoisotopic (exact) mass is 266 g/mol. The van der Waals surface area contributed by atoms with E-state index < -0.39 is 5.60 Å². The second-order valence-corrected chi connectivity index (χ2v) is 8.20. The zero-order valence-electron chi connectivity index (χ0n) is 13.0. The Balaban J connectivity index is 1.81. The summed E-state index contributed by atoms with van der Waals surface area (Å²) in [6.07, 6.45) is 8.25. The van der Waals surface area contributed by atoms with Crippen molar-refractivity contribution in [1.82, 2.24) is 0 Å². The Labute approximate surface area is 117 Å². The lowest BCUT2D eigenvalue weighted by atomic mass is 9.59. The highest BCUT2D eigenvalue weighted by Gasteiger charge is 2.65. The Bertz CT molecular complexity index is 354. The molecule has 3 rings (SSSR count). The normalized spacial score (nSPS) is 52.6. The van der Waals surface area contributed by atoms with Crippen molar-refractivity contribution in [3.63, 3.8) is 0 Å². The largest absolute Gasteiger partial charge is 0.390 e. The van der Waals surface area contributed by atoms with Gasteiger partial charge in [-0.1, -0.05) is 20.8 Å². The maximum atomic E-state index is 11.2. The van der Waals surface area contributed by atoms with Gasteiger partial charge < -0.3 is 9.84 Å². The quantitative estimate of drug-likeness (QED) is 0.824. The summed E-state index contributed by atoms with van der Waals surface area (Å²) in [7, 11) is 1.80. The molecule has 3 saturated carbocycles. The van der Waals surface area contributed by atoms with E-state index in [1.807, 2.05) is 0 Å². The van der Waals surface area contributed by atoms with Crippen LogP contribution in [0.5, 0.6) is 0 Å². The van der Waals surface area contributed by atoms with Gasteiger partial charge in [-0.15, -0.1) is 0 Å². The molecule has 2 bridgehead atoms. The first-order valence-electron chi connectivity index (χ1n) is 8.09. The van der Waals surface area contributed by atoms with Gasteiger partial charge in [-0.25, -0.2) is 0 Å². The molecule has 3 fully saturated rings. The molecular weight excluding hydrogens is 236 g/mol. The molecule has 0 aromatic heterocycles. The molecule has 110 valence electrons. The molecule has 0 radical (unpaired) electrons. The maximum Gasteiger partial charge on any atom is 0.0683 e. The van der Waals surface area contributed by atoms with Crippen molar-refractivity contribution in [3.05, 3.63) is 0 Å². The molecule has 0 aliphatic heterocycles. The van der Waals surface area contributed by atoms with Crippen LogP contribution >= 0.6 is 0 Å². The average molecular weight is 266 g/mol. The third kappa shape index (κ3) is 1.75. The first-order valence-corrected chi connectivity index (χ1v) is 8.09. The molecule has 0 spiro atoms. The lowest BCUT2D eigenvalue weighted by molar-refractivity contribution is -0.120. The first kappa shape index (κ1) is 13.9. The Hall–Kier alpha value is -0.0800. The van der Waals surface area contributed by atoms with Gasteiger partial charge in [0.2, 0.25) is 0 Å². The van der Waals surface area contributed by atoms with Crippen molar-refractivity contribution < 1.29 is 9.84 Å². The number of fused-ring (bicyclic) bond motifs is 2. The van der Waals surface area contributed by atoms with E-state index in [1.54, 1.807) is 7.11 Å². The van der Waals surface area contributed by atoms with Gasteiger partial charge in [0.05, 0.1) is 11.7 Å². The molecule has 0 amide bonds. The van der Waals surface area contributed by atoms with Crippen LogP contribution in [0.3, 0.4) is 0 Å². The average Bonchev–Trinajstić information content (AvgIpc) is 2.72. The minimum atomic E-state index is -0.420. The SMILES string of the molecule is COC1CCC(O)([C@H]2C[C@@H]3CC[C@@]2(C)C3(C)C)CC1. The van der Waals surface area contributed by atoms with Gasteiger partial charge in [0, 0.05) is 7.11 Å². The molecule has 2 heteroatoms. The highest BCUT2D eigenvalue weighted by molar-refractivity contribution is 5.15. The second kappa shape index (κ2) is 4.21. The van der Waals surface area contributed by atoms with Crippen LogP contribution in [-0.2, 0) is 4.74 Å². The van der Waals surface area contributed by atoms with Crippen LogP contribution in [0.1, 0.15) is 65.7 Å². The lowest BCUT2D eigenvalue weighted by Crippen LogP contribution is -2.49. The van der Waals surface area contributed by atoms with Crippen molar-refractivity contribution in [2.24, 2.45) is 22.7 Å². The van der Waals surface area contributed by atoms with E-state index in [1.165, 1.54) is 19.3 Å². The van der Waals surface area contributed by atoms with E-state index in [-0.39, 0.29) is 0 Å². The summed E-state index contributed by atoms with van der Waals surface area (Å²) >= 11 is 0. The molecule has 0 aromatic carbocycles. The summed E-state index contributed by atoms with van der Waals surface area (Å²) in [5.74, 6) is 1.33. The predicted octanol–water partition coefficient (Wildman–Crippen LogP) is 3.77. The fourth-order valence-electron chi connectivity index (χ4n) is 5.69. The van der Waals surface area contributed by atoms with Crippen LogP contribution in [0.2, 0.25) is 0 Å². The van der Waals surface area contributed by atoms with Gasteiger partial charge in [-0.05, 0) is 67.6 Å². The zero-order chi connectivity index (χ0) is 13.9. The lowest BCUT2D eigenvalue weighted by Gasteiger charge is -2.49. The maximum absolute atomic E-state index is 11.2. The van der Waals surface area contributed by atoms with Gasteiger partial charge in [0.1, 0.15) is 0 Å². The molecule has 0 heterocycles. The van der Waals surface area contributed by atoms with Gasteiger partial charge >= 0.3 is 0 Å². The van der Waals surface area contributed by atoms with Crippen molar-refractivity contribution in [2.75, 3.05) is 7.11 Å². The van der Waals surface area contributed by atoms with Crippen LogP contribution in [0, 0.1) is 22.7 Å². The highest BCUT2D eigenvalue weighted by Crippen LogP contribution is 2.71. The van der Waals surface area contributed by atoms with E-state index >= 15 is 0 Å². The van der Waals surface area contributed by atoms with Gasteiger partial charge in [0.25, 0.3) is 0 Å². The number of rotatable bonds is 2. The fraction of sp³-hybridized carbons (Fsp3) is 1.00. The van der Waals surface area contributed by atoms with Crippen LogP contribution in [0.4, 0.5) is 0 Å². The molecule has 1 N–H and O–H groups in total. The standard InChI is InChI=1S/C17H30O2/c1-15(2)12-5-8-16(15,3)14(11-12)17(18)9-6-13(19-4)7-10-17/h12-14,18H,5-11H2,1-4H3/t12-,13?,14-,16+,17?/m0/s1. The topological polar surface area (TPSA) is 29.5 Å². The summed E-state index contributed by atoms with van der Waals surface area (Å²) in [6, 6.07) is 0. The Morgan fingerprint density at radius 2 is 1.63 bits per heavy atom. The Morgan fingerprint density at radius 3 is 2.05 bits per heavy atom. The Morgan fingerprint density at radius 1 is 1.00 bits per heavy atom. The highest BCUT2D eigenvalue weighted by atomic mass is 16.5. The van der Waals surface area contributed by atoms with Crippen LogP contribution in [0.15, 0.2) is 0 Å². The Kier molecular flexibility index (Phi) is 3.07. The van der Waals surface area contributed by atoms with E-state index in [2.05, 4.69) is 20.8 Å². The first-order chi connectivity index (χ1) is 8.83. The van der Waals surface area contributed by atoms with Gasteiger partial charge in [-0.2, -0.15) is 0 Å². The third-order valence-corrected chi connectivity index (χ3v) is 7.57. The molecule has 2 nitrogen and oxygen atoms in total. The van der Waals surface area contributed by atoms with Crippen LogP contribution in [-0.4, -0.2) is 23.9 Å². The number of ether oxygens (including phenoxy) is 1. The summed E-state index contributed by atoms with van der Waals surface area (Å²) in [4.78, 5) is 0. The molecule has 3 aliphatic rings. The number of hydrogen-bond donors (Lipinski definition) is 1. The molecule has 0 saturated heterocycles. The molecule has 3 atom stereocenters. The number of hydrogen-bond acceptors (Lipinski definition) is 2. The van der Waals surface area contributed by atoms with Crippen molar-refractivity contribution in [2.45, 2.75) is 77.4 Å². The smallest absolute Gasteiger partial charge is 0.0683 e. The predicted molar refractivity (Wildman–Crippen MR) is 76.9 cm³/mol. The second-order valence-electron chi connectivity index (χ2n) is 8.20. The van der Waals surface area contributed by atoms with Gasteiger partial charge in [-0.3, -0.25) is 0 Å². The molecule has 3 aliphatic carbocycles. The zero-order valence-corrected chi connectivity index (χ0v) is 13.0. The van der Waals surface area contributed by atoms with E-state index in [4.69, 9.17) is 4.74 Å². The molecular formula is C17H30O2. The number of methoxy groups -OCH3 is 1. The summed E-state index contributed by atoms with van der Waals surface area (Å²) < 4.78 is 5.46. The third-order valence-electron chi connectivity index (χ3n) is 7.57. The van der Waals surface area contributed by atoms with E-state index in [0.717, 1.165) is 31.6 Å². The van der Waals surface area contributed by atoms with Crippen molar-refractivity contribution >= 4 is 0 Å². The summed E-state index contributed by atoms with van der Waals surface area (Å²) in [5, 5.41) is 11.2. The van der Waals surface area contributed by atoms with Crippen LogP contribution in [0.25, 0.3) is 0 Å². The summed E-state index contributed by atoms with van der Waals surface area (Å²) in [6.45, 7) is 7.33.